The molecule has 0 unspecified atom stereocenters. The average molecular weight is 436 g/mol. The molecule has 1 aromatic heterocycles. The number of carbonyl (C=O) groups excluding carboxylic acids is 1. The molecule has 7 nitrogen and oxygen atoms in total. The summed E-state index contributed by atoms with van der Waals surface area (Å²) in [5, 5.41) is 6.94. The first kappa shape index (κ1) is 20.3. The Morgan fingerprint density at radius 3 is 2.32 bits per heavy atom. The van der Waals surface area contributed by atoms with E-state index in [4.69, 9.17) is 0 Å². The first-order valence-electron chi connectivity index (χ1n) is 9.21. The van der Waals surface area contributed by atoms with Crippen molar-refractivity contribution < 1.29 is 17.6 Å². The van der Waals surface area contributed by atoms with E-state index in [2.05, 4.69) is 15.1 Å². The Morgan fingerprint density at radius 2 is 1.65 bits per heavy atom. The molecule has 0 aliphatic rings. The lowest BCUT2D eigenvalue weighted by Crippen LogP contribution is -2.15. The highest BCUT2D eigenvalue weighted by atomic mass is 32.2. The van der Waals surface area contributed by atoms with Gasteiger partial charge >= 0.3 is 0 Å². The fourth-order valence-corrected chi connectivity index (χ4v) is 3.93. The SMILES string of the molecule is O=C(Nc1cccc(-n2cccn2)c1)c1ccc(S(=O)(=O)Nc2ccc(F)cc2)cc1. The predicted octanol–water partition coefficient (Wildman–Crippen LogP) is 4.06. The van der Waals surface area contributed by atoms with Crippen LogP contribution in [-0.4, -0.2) is 24.1 Å². The number of hydrogen-bond acceptors (Lipinski definition) is 4. The zero-order chi connectivity index (χ0) is 21.8. The van der Waals surface area contributed by atoms with Gasteiger partial charge in [-0.1, -0.05) is 6.07 Å². The van der Waals surface area contributed by atoms with Gasteiger partial charge in [0.15, 0.2) is 0 Å². The maximum absolute atomic E-state index is 13.0. The van der Waals surface area contributed by atoms with E-state index in [1.807, 2.05) is 6.07 Å². The van der Waals surface area contributed by atoms with E-state index in [9.17, 15) is 17.6 Å². The molecule has 0 saturated carbocycles. The molecule has 156 valence electrons. The molecule has 1 amide bonds. The van der Waals surface area contributed by atoms with Crippen molar-refractivity contribution in [2.45, 2.75) is 4.90 Å². The quantitative estimate of drug-likeness (QED) is 0.477. The Labute approximate surface area is 178 Å². The van der Waals surface area contributed by atoms with Crippen LogP contribution in [-0.2, 0) is 10.0 Å². The van der Waals surface area contributed by atoms with Crippen LogP contribution in [0.15, 0.2) is 96.2 Å². The fourth-order valence-electron chi connectivity index (χ4n) is 2.87. The van der Waals surface area contributed by atoms with E-state index in [0.29, 0.717) is 11.3 Å². The van der Waals surface area contributed by atoms with Gasteiger partial charge in [0.05, 0.1) is 10.6 Å². The number of halogens is 1. The van der Waals surface area contributed by atoms with Crippen molar-refractivity contribution in [2.24, 2.45) is 0 Å². The van der Waals surface area contributed by atoms with E-state index in [0.717, 1.165) is 17.8 Å². The van der Waals surface area contributed by atoms with Crippen LogP contribution in [0.4, 0.5) is 15.8 Å². The lowest BCUT2D eigenvalue weighted by Gasteiger charge is -2.10. The number of carbonyl (C=O) groups is 1. The molecule has 0 atom stereocenters. The summed E-state index contributed by atoms with van der Waals surface area (Å²) in [6, 6.07) is 19.5. The largest absolute Gasteiger partial charge is 0.322 e. The maximum Gasteiger partial charge on any atom is 0.261 e. The van der Waals surface area contributed by atoms with Crippen LogP contribution in [0.2, 0.25) is 0 Å². The molecule has 3 aromatic carbocycles. The third kappa shape index (κ3) is 4.78. The molecule has 0 bridgehead atoms. The Balaban J connectivity index is 1.47. The molecule has 2 N–H and O–H groups in total. The van der Waals surface area contributed by atoms with Gasteiger partial charge in [-0.15, -0.1) is 0 Å². The van der Waals surface area contributed by atoms with E-state index in [1.165, 1.54) is 36.4 Å². The van der Waals surface area contributed by atoms with Gasteiger partial charge in [0.25, 0.3) is 15.9 Å². The third-order valence-corrected chi connectivity index (χ3v) is 5.79. The second-order valence-electron chi connectivity index (χ2n) is 6.59. The van der Waals surface area contributed by atoms with Gasteiger partial charge in [0, 0.05) is 29.3 Å². The highest BCUT2D eigenvalue weighted by Gasteiger charge is 2.15. The third-order valence-electron chi connectivity index (χ3n) is 4.40. The minimum absolute atomic E-state index is 0.0194. The number of anilines is 2. The van der Waals surface area contributed by atoms with Crippen molar-refractivity contribution in [3.05, 3.63) is 103 Å². The fraction of sp³-hybridized carbons (Fsp3) is 0. The molecule has 1 heterocycles. The van der Waals surface area contributed by atoms with Crippen LogP contribution in [0.5, 0.6) is 0 Å². The standard InChI is InChI=1S/C22H17FN4O3S/c23-17-7-9-18(10-8-17)26-31(29,30)21-11-5-16(6-12-21)22(28)25-19-3-1-4-20(15-19)27-14-2-13-24-27/h1-15,26H,(H,25,28). The molecule has 0 aliphatic heterocycles. The van der Waals surface area contributed by atoms with Gasteiger partial charge in [-0.05, 0) is 72.8 Å². The van der Waals surface area contributed by atoms with Gasteiger partial charge in [-0.3, -0.25) is 9.52 Å². The molecule has 4 rings (SSSR count). The van der Waals surface area contributed by atoms with Crippen molar-refractivity contribution >= 4 is 27.3 Å². The summed E-state index contributed by atoms with van der Waals surface area (Å²) in [6.45, 7) is 0. The number of benzene rings is 3. The molecular formula is C22H17FN4O3S. The summed E-state index contributed by atoms with van der Waals surface area (Å²) in [5.74, 6) is -0.846. The Hall–Kier alpha value is -3.98. The Kier molecular flexibility index (Phi) is 5.50. The van der Waals surface area contributed by atoms with Crippen LogP contribution in [0.25, 0.3) is 5.69 Å². The summed E-state index contributed by atoms with van der Waals surface area (Å²) in [5.41, 5.74) is 1.90. The molecule has 0 radical (unpaired) electrons. The lowest BCUT2D eigenvalue weighted by molar-refractivity contribution is 0.102. The summed E-state index contributed by atoms with van der Waals surface area (Å²) in [6.07, 6.45) is 3.45. The number of rotatable bonds is 6. The predicted molar refractivity (Wildman–Crippen MR) is 115 cm³/mol. The molecule has 0 spiro atoms. The number of sulfonamides is 1. The number of hydrogen-bond donors (Lipinski definition) is 2. The molecular weight excluding hydrogens is 419 g/mol. The number of amides is 1. The maximum atomic E-state index is 13.0. The highest BCUT2D eigenvalue weighted by Crippen LogP contribution is 2.19. The van der Waals surface area contributed by atoms with Gasteiger partial charge in [0.2, 0.25) is 0 Å². The minimum Gasteiger partial charge on any atom is -0.322 e. The van der Waals surface area contributed by atoms with E-state index >= 15 is 0 Å². The summed E-state index contributed by atoms with van der Waals surface area (Å²) in [4.78, 5) is 12.5. The normalized spacial score (nSPS) is 11.1. The van der Waals surface area contributed by atoms with Crippen LogP contribution in [0.1, 0.15) is 10.4 Å². The minimum atomic E-state index is -3.87. The highest BCUT2D eigenvalue weighted by molar-refractivity contribution is 7.92. The second kappa shape index (κ2) is 8.41. The van der Waals surface area contributed by atoms with Gasteiger partial charge in [0.1, 0.15) is 5.82 Å². The number of aromatic nitrogens is 2. The molecule has 0 saturated heterocycles. The van der Waals surface area contributed by atoms with Crippen molar-refractivity contribution in [1.29, 1.82) is 0 Å². The van der Waals surface area contributed by atoms with Gasteiger partial charge in [-0.2, -0.15) is 5.10 Å². The zero-order valence-corrected chi connectivity index (χ0v) is 16.9. The smallest absolute Gasteiger partial charge is 0.261 e. The van der Waals surface area contributed by atoms with E-state index < -0.39 is 15.8 Å². The van der Waals surface area contributed by atoms with Crippen molar-refractivity contribution in [3.63, 3.8) is 0 Å². The van der Waals surface area contributed by atoms with E-state index in [-0.39, 0.29) is 16.5 Å². The Morgan fingerprint density at radius 1 is 0.903 bits per heavy atom. The average Bonchev–Trinajstić information content (AvgIpc) is 3.31. The van der Waals surface area contributed by atoms with Crippen molar-refractivity contribution in [3.8, 4) is 5.69 Å². The summed E-state index contributed by atoms with van der Waals surface area (Å²) < 4.78 is 42.0. The molecule has 0 fully saturated rings. The van der Waals surface area contributed by atoms with Crippen LogP contribution < -0.4 is 10.0 Å². The van der Waals surface area contributed by atoms with Crippen LogP contribution in [0.3, 0.4) is 0 Å². The first-order valence-corrected chi connectivity index (χ1v) is 10.7. The number of nitrogens with zero attached hydrogens (tertiary/aromatic N) is 2. The Bertz CT molecular complexity index is 1300. The monoisotopic (exact) mass is 436 g/mol. The zero-order valence-electron chi connectivity index (χ0n) is 16.1. The summed E-state index contributed by atoms with van der Waals surface area (Å²) in [7, 11) is -3.87. The van der Waals surface area contributed by atoms with Crippen molar-refractivity contribution in [2.75, 3.05) is 10.0 Å². The topological polar surface area (TPSA) is 93.1 Å². The van der Waals surface area contributed by atoms with Crippen molar-refractivity contribution in [1.82, 2.24) is 9.78 Å². The lowest BCUT2D eigenvalue weighted by atomic mass is 10.2. The van der Waals surface area contributed by atoms with Gasteiger partial charge < -0.3 is 5.32 Å². The van der Waals surface area contributed by atoms with E-state index in [1.54, 1.807) is 41.3 Å². The van der Waals surface area contributed by atoms with Gasteiger partial charge in [-0.25, -0.2) is 17.5 Å². The number of nitrogens with one attached hydrogen (secondary N) is 2. The second-order valence-corrected chi connectivity index (χ2v) is 8.27. The van der Waals surface area contributed by atoms with Crippen LogP contribution in [0, 0.1) is 5.82 Å². The van der Waals surface area contributed by atoms with Crippen LogP contribution >= 0.6 is 0 Å². The molecule has 0 aliphatic carbocycles. The summed E-state index contributed by atoms with van der Waals surface area (Å²) >= 11 is 0. The first-order chi connectivity index (χ1) is 14.9. The molecule has 9 heteroatoms. The molecule has 4 aromatic rings. The molecule has 31 heavy (non-hydrogen) atoms.